The van der Waals surface area contributed by atoms with Crippen LogP contribution in [0, 0.1) is 5.41 Å². The molecule has 5 nitrogen and oxygen atoms in total. The smallest absolute Gasteiger partial charge is 0.151 e. The lowest BCUT2D eigenvalue weighted by Gasteiger charge is -2.26. The molecule has 3 aromatic rings. The van der Waals surface area contributed by atoms with Gasteiger partial charge in [0.05, 0.1) is 17.6 Å². The second-order valence-electron chi connectivity index (χ2n) is 7.97. The molecule has 28 heavy (non-hydrogen) atoms. The lowest BCUT2D eigenvalue weighted by molar-refractivity contribution is 0.285. The van der Waals surface area contributed by atoms with Gasteiger partial charge in [-0.15, -0.1) is 10.2 Å². The third kappa shape index (κ3) is 4.02. The summed E-state index contributed by atoms with van der Waals surface area (Å²) in [5.41, 5.74) is 3.45. The zero-order valence-electron chi connectivity index (χ0n) is 16.4. The van der Waals surface area contributed by atoms with Crippen molar-refractivity contribution in [2.45, 2.75) is 52.4 Å². The van der Waals surface area contributed by atoms with Crippen molar-refractivity contribution in [2.24, 2.45) is 5.41 Å². The minimum Gasteiger partial charge on any atom is -0.507 e. The molecule has 6 heteroatoms. The van der Waals surface area contributed by atoms with Gasteiger partial charge in [-0.2, -0.15) is 0 Å². The van der Waals surface area contributed by atoms with Gasteiger partial charge in [0.2, 0.25) is 0 Å². The van der Waals surface area contributed by atoms with Crippen molar-refractivity contribution in [3.05, 3.63) is 47.5 Å². The number of aromatic hydroxyl groups is 1. The molecule has 0 bridgehead atoms. The molecule has 1 aliphatic carbocycles. The van der Waals surface area contributed by atoms with Crippen LogP contribution in [0.2, 0.25) is 0 Å². The number of rotatable bonds is 4. The molecular formula is C22H26N4OS. The SMILES string of the molecule is CC[C@@]1(C)CCCC/C(=C\c2nnc(-c3ccc(-n4ccnc4)cc3O)s2)C1. The van der Waals surface area contributed by atoms with Crippen LogP contribution in [0.4, 0.5) is 0 Å². The van der Waals surface area contributed by atoms with E-state index < -0.39 is 0 Å². The second kappa shape index (κ2) is 7.87. The molecule has 0 radical (unpaired) electrons. The number of benzene rings is 1. The largest absolute Gasteiger partial charge is 0.507 e. The highest BCUT2D eigenvalue weighted by Crippen LogP contribution is 2.41. The van der Waals surface area contributed by atoms with E-state index in [9.17, 15) is 5.11 Å². The molecule has 0 aliphatic heterocycles. The monoisotopic (exact) mass is 394 g/mol. The van der Waals surface area contributed by atoms with Crippen molar-refractivity contribution in [3.63, 3.8) is 0 Å². The first kappa shape index (κ1) is 18.9. The Morgan fingerprint density at radius 1 is 1.29 bits per heavy atom. The lowest BCUT2D eigenvalue weighted by Crippen LogP contribution is -2.14. The van der Waals surface area contributed by atoms with E-state index in [1.54, 1.807) is 18.6 Å². The molecule has 1 aromatic carbocycles. The fourth-order valence-corrected chi connectivity index (χ4v) is 4.77. The Labute approximate surface area is 169 Å². The molecule has 2 aromatic heterocycles. The highest BCUT2D eigenvalue weighted by molar-refractivity contribution is 7.15. The van der Waals surface area contributed by atoms with Crippen molar-refractivity contribution in [2.75, 3.05) is 0 Å². The molecule has 0 unspecified atom stereocenters. The van der Waals surface area contributed by atoms with Gasteiger partial charge in [-0.05, 0) is 49.3 Å². The molecule has 0 saturated heterocycles. The van der Waals surface area contributed by atoms with Crippen LogP contribution < -0.4 is 0 Å². The molecule has 1 N–H and O–H groups in total. The Hall–Kier alpha value is -2.47. The fraction of sp³-hybridized carbons (Fsp3) is 0.409. The van der Waals surface area contributed by atoms with Gasteiger partial charge in [0.15, 0.2) is 5.01 Å². The van der Waals surface area contributed by atoms with Crippen LogP contribution in [0.1, 0.15) is 57.4 Å². The van der Waals surface area contributed by atoms with Gasteiger partial charge in [-0.25, -0.2) is 4.98 Å². The Morgan fingerprint density at radius 2 is 2.18 bits per heavy atom. The normalized spacial score (nSPS) is 21.7. The van der Waals surface area contributed by atoms with E-state index in [-0.39, 0.29) is 5.75 Å². The van der Waals surface area contributed by atoms with Crippen LogP contribution in [-0.2, 0) is 0 Å². The van der Waals surface area contributed by atoms with Crippen LogP contribution in [0.5, 0.6) is 5.75 Å². The third-order valence-electron chi connectivity index (χ3n) is 5.82. The first-order chi connectivity index (χ1) is 13.6. The van der Waals surface area contributed by atoms with Gasteiger partial charge in [-0.1, -0.05) is 43.6 Å². The van der Waals surface area contributed by atoms with Crippen LogP contribution in [0.15, 0.2) is 42.5 Å². The number of phenols is 1. The average molecular weight is 395 g/mol. The summed E-state index contributed by atoms with van der Waals surface area (Å²) in [6.45, 7) is 4.69. The Balaban J connectivity index is 1.57. The van der Waals surface area contributed by atoms with Crippen LogP contribution >= 0.6 is 11.3 Å². The van der Waals surface area contributed by atoms with Crippen LogP contribution in [0.3, 0.4) is 0 Å². The van der Waals surface area contributed by atoms with E-state index in [4.69, 9.17) is 0 Å². The van der Waals surface area contributed by atoms with E-state index in [0.29, 0.717) is 11.0 Å². The van der Waals surface area contributed by atoms with E-state index in [1.807, 2.05) is 22.9 Å². The zero-order valence-corrected chi connectivity index (χ0v) is 17.2. The number of nitrogens with zero attached hydrogens (tertiary/aromatic N) is 4. The summed E-state index contributed by atoms with van der Waals surface area (Å²) in [5, 5.41) is 20.9. The number of aromatic nitrogens is 4. The second-order valence-corrected chi connectivity index (χ2v) is 8.98. The minimum absolute atomic E-state index is 0.203. The van der Waals surface area contributed by atoms with E-state index in [1.165, 1.54) is 42.6 Å². The van der Waals surface area contributed by atoms with Gasteiger partial charge in [0, 0.05) is 18.5 Å². The van der Waals surface area contributed by atoms with E-state index in [2.05, 4.69) is 35.1 Å². The highest BCUT2D eigenvalue weighted by Gasteiger charge is 2.25. The van der Waals surface area contributed by atoms with E-state index in [0.717, 1.165) is 28.5 Å². The highest BCUT2D eigenvalue weighted by atomic mass is 32.1. The molecule has 4 rings (SSSR count). The molecule has 0 amide bonds. The lowest BCUT2D eigenvalue weighted by atomic mass is 9.79. The molecule has 2 heterocycles. The topological polar surface area (TPSA) is 63.8 Å². The standard InChI is InChI=1S/C22H26N4OS/c1-3-22(2)9-5-4-6-16(14-22)12-20-24-25-21(28-20)18-8-7-17(13-19(18)27)26-11-10-23-15-26/h7-8,10-13,15,27H,3-6,9,14H2,1-2H3/b16-12+/t22-/m0/s1. The number of allylic oxidation sites excluding steroid dienone is 1. The predicted molar refractivity (Wildman–Crippen MR) is 114 cm³/mol. The van der Waals surface area contributed by atoms with Crippen LogP contribution in [-0.4, -0.2) is 24.9 Å². The van der Waals surface area contributed by atoms with Crippen molar-refractivity contribution in [1.29, 1.82) is 0 Å². The van der Waals surface area contributed by atoms with Crippen molar-refractivity contribution in [3.8, 4) is 22.0 Å². The summed E-state index contributed by atoms with van der Waals surface area (Å²) in [5.74, 6) is 0.203. The Morgan fingerprint density at radius 3 is 2.93 bits per heavy atom. The van der Waals surface area contributed by atoms with Crippen molar-refractivity contribution >= 4 is 17.4 Å². The maximum absolute atomic E-state index is 10.5. The first-order valence-corrected chi connectivity index (χ1v) is 10.7. The summed E-state index contributed by atoms with van der Waals surface area (Å²) in [7, 11) is 0. The summed E-state index contributed by atoms with van der Waals surface area (Å²) in [4.78, 5) is 4.05. The summed E-state index contributed by atoms with van der Waals surface area (Å²) >= 11 is 1.53. The molecule has 1 atom stereocenters. The van der Waals surface area contributed by atoms with Gasteiger partial charge in [0.1, 0.15) is 10.8 Å². The van der Waals surface area contributed by atoms with E-state index >= 15 is 0 Å². The molecule has 1 saturated carbocycles. The van der Waals surface area contributed by atoms with Gasteiger partial charge < -0.3 is 9.67 Å². The molecule has 146 valence electrons. The molecule has 1 aliphatic rings. The molecule has 1 fully saturated rings. The van der Waals surface area contributed by atoms with Crippen LogP contribution in [0.25, 0.3) is 22.3 Å². The zero-order chi connectivity index (χ0) is 19.6. The number of hydrogen-bond acceptors (Lipinski definition) is 5. The quantitative estimate of drug-likeness (QED) is 0.563. The minimum atomic E-state index is 0.203. The van der Waals surface area contributed by atoms with Crippen molar-refractivity contribution < 1.29 is 5.11 Å². The Bertz CT molecular complexity index is 976. The average Bonchev–Trinajstić information content (AvgIpc) is 3.34. The van der Waals surface area contributed by atoms with Crippen molar-refractivity contribution in [1.82, 2.24) is 19.7 Å². The number of imidazole rings is 1. The van der Waals surface area contributed by atoms with Gasteiger partial charge in [-0.3, -0.25) is 0 Å². The molecular weight excluding hydrogens is 368 g/mol. The van der Waals surface area contributed by atoms with Gasteiger partial charge in [0.25, 0.3) is 0 Å². The summed E-state index contributed by atoms with van der Waals surface area (Å²) < 4.78 is 1.86. The molecule has 0 spiro atoms. The first-order valence-electron chi connectivity index (χ1n) is 9.91. The Kier molecular flexibility index (Phi) is 5.31. The maximum Gasteiger partial charge on any atom is 0.151 e. The number of phenolic OH excluding ortho intramolecular Hbond substituents is 1. The third-order valence-corrected chi connectivity index (χ3v) is 6.72. The number of hydrogen-bond donors (Lipinski definition) is 1. The predicted octanol–water partition coefficient (Wildman–Crippen LogP) is 5.86. The summed E-state index contributed by atoms with van der Waals surface area (Å²) in [6.07, 6.45) is 14.9. The maximum atomic E-state index is 10.5. The fourth-order valence-electron chi connectivity index (χ4n) is 3.90. The van der Waals surface area contributed by atoms with Gasteiger partial charge >= 0.3 is 0 Å². The summed E-state index contributed by atoms with van der Waals surface area (Å²) in [6, 6.07) is 5.57.